The van der Waals surface area contributed by atoms with Gasteiger partial charge in [0.05, 0.1) is 11.6 Å². The molecule has 0 atom stereocenters. The Bertz CT molecular complexity index is 317. The van der Waals surface area contributed by atoms with Crippen molar-refractivity contribution in [3.8, 4) is 0 Å². The first-order valence-corrected chi connectivity index (χ1v) is 5.17. The van der Waals surface area contributed by atoms with Crippen molar-refractivity contribution in [2.24, 2.45) is 0 Å². The summed E-state index contributed by atoms with van der Waals surface area (Å²) in [5.74, 6) is 0.166. The first kappa shape index (κ1) is 11.1. The third-order valence-corrected chi connectivity index (χ3v) is 3.30. The molecule has 1 rings (SSSR count). The van der Waals surface area contributed by atoms with E-state index in [1.165, 1.54) is 6.07 Å². The number of alkyl halides is 3. The summed E-state index contributed by atoms with van der Waals surface area (Å²) < 4.78 is 25.4. The Labute approximate surface area is 93.6 Å². The Kier molecular flexibility index (Phi) is 3.85. The number of aromatic nitrogens is 1. The van der Waals surface area contributed by atoms with Crippen LogP contribution >= 0.6 is 34.2 Å². The first-order chi connectivity index (χ1) is 6.06. The maximum absolute atomic E-state index is 12.3. The molecule has 0 aliphatic heterocycles. The molecule has 0 amide bonds. The predicted molar refractivity (Wildman–Crippen MR) is 56.2 cm³/mol. The molecule has 13 heavy (non-hydrogen) atoms. The van der Waals surface area contributed by atoms with Crippen molar-refractivity contribution in [1.82, 2.24) is 4.98 Å². The van der Waals surface area contributed by atoms with Gasteiger partial charge in [0.15, 0.2) is 0 Å². The molecular formula is C8H7ClF2IN. The summed E-state index contributed by atoms with van der Waals surface area (Å²) in [6.07, 6.45) is -2.53. The summed E-state index contributed by atoms with van der Waals surface area (Å²) in [6, 6.07) is 1.39. The van der Waals surface area contributed by atoms with Gasteiger partial charge in [-0.15, -0.1) is 11.6 Å². The minimum atomic E-state index is -2.53. The molecule has 1 heterocycles. The van der Waals surface area contributed by atoms with Crippen molar-refractivity contribution < 1.29 is 8.78 Å². The zero-order valence-corrected chi connectivity index (χ0v) is 9.73. The van der Waals surface area contributed by atoms with Gasteiger partial charge in [0, 0.05) is 3.57 Å². The number of halogens is 4. The molecule has 0 fully saturated rings. The van der Waals surface area contributed by atoms with Gasteiger partial charge in [-0.25, -0.2) is 13.8 Å². The Morgan fingerprint density at radius 1 is 1.62 bits per heavy atom. The fraction of sp³-hybridized carbons (Fsp3) is 0.375. The van der Waals surface area contributed by atoms with Gasteiger partial charge in [0.1, 0.15) is 5.69 Å². The molecule has 0 aliphatic carbocycles. The fourth-order valence-corrected chi connectivity index (χ4v) is 1.84. The van der Waals surface area contributed by atoms with E-state index in [0.717, 1.165) is 9.13 Å². The molecular weight excluding hydrogens is 310 g/mol. The van der Waals surface area contributed by atoms with Crippen LogP contribution in [-0.2, 0) is 5.88 Å². The maximum atomic E-state index is 12.3. The molecule has 1 aromatic heterocycles. The van der Waals surface area contributed by atoms with Crippen molar-refractivity contribution >= 4 is 34.2 Å². The summed E-state index contributed by atoms with van der Waals surface area (Å²) in [5.41, 5.74) is 1.12. The van der Waals surface area contributed by atoms with E-state index in [0.29, 0.717) is 5.69 Å². The summed E-state index contributed by atoms with van der Waals surface area (Å²) in [7, 11) is 0. The normalized spacial score (nSPS) is 10.9. The van der Waals surface area contributed by atoms with E-state index in [2.05, 4.69) is 27.6 Å². The zero-order chi connectivity index (χ0) is 10.0. The van der Waals surface area contributed by atoms with Gasteiger partial charge < -0.3 is 0 Å². The van der Waals surface area contributed by atoms with E-state index >= 15 is 0 Å². The second kappa shape index (κ2) is 4.50. The van der Waals surface area contributed by atoms with Crippen molar-refractivity contribution in [3.05, 3.63) is 26.6 Å². The Morgan fingerprint density at radius 3 is 2.69 bits per heavy atom. The maximum Gasteiger partial charge on any atom is 0.280 e. The number of hydrogen-bond acceptors (Lipinski definition) is 1. The van der Waals surface area contributed by atoms with Gasteiger partial charge in [-0.1, -0.05) is 0 Å². The minimum Gasteiger partial charge on any atom is -0.249 e. The second-order valence-electron chi connectivity index (χ2n) is 2.56. The number of nitrogens with zero attached hydrogens (tertiary/aromatic N) is 1. The van der Waals surface area contributed by atoms with E-state index < -0.39 is 6.43 Å². The number of rotatable bonds is 2. The van der Waals surface area contributed by atoms with Crippen LogP contribution < -0.4 is 0 Å². The van der Waals surface area contributed by atoms with Gasteiger partial charge in [0.25, 0.3) is 6.43 Å². The van der Waals surface area contributed by atoms with Crippen LogP contribution in [0.25, 0.3) is 0 Å². The molecule has 0 saturated heterocycles. The molecule has 0 unspecified atom stereocenters. The lowest BCUT2D eigenvalue weighted by Crippen LogP contribution is -1.99. The average Bonchev–Trinajstić information content (AvgIpc) is 2.09. The van der Waals surface area contributed by atoms with Crippen LogP contribution in [0.4, 0.5) is 8.78 Å². The summed E-state index contributed by atoms with van der Waals surface area (Å²) >= 11 is 7.62. The smallest absolute Gasteiger partial charge is 0.249 e. The van der Waals surface area contributed by atoms with E-state index in [4.69, 9.17) is 11.6 Å². The molecule has 0 spiro atoms. The van der Waals surface area contributed by atoms with Gasteiger partial charge in [0.2, 0.25) is 0 Å². The van der Waals surface area contributed by atoms with Crippen LogP contribution in [-0.4, -0.2) is 4.98 Å². The van der Waals surface area contributed by atoms with Gasteiger partial charge in [-0.05, 0) is 41.1 Å². The van der Waals surface area contributed by atoms with E-state index in [9.17, 15) is 8.78 Å². The average molecular weight is 318 g/mol. The molecule has 1 aromatic rings. The molecule has 1 nitrogen and oxygen atoms in total. The summed E-state index contributed by atoms with van der Waals surface area (Å²) in [5, 5.41) is 0. The molecule has 72 valence electrons. The zero-order valence-electron chi connectivity index (χ0n) is 6.82. The van der Waals surface area contributed by atoms with Crippen LogP contribution in [0.2, 0.25) is 0 Å². The molecule has 0 N–H and O–H groups in total. The number of hydrogen-bond donors (Lipinski definition) is 0. The highest BCUT2D eigenvalue weighted by atomic mass is 127. The predicted octanol–water partition coefficient (Wildman–Crippen LogP) is 3.67. The molecule has 5 heteroatoms. The highest BCUT2D eigenvalue weighted by Gasteiger charge is 2.13. The standard InChI is InChI=1S/C8H7ClF2IN/c1-4-2-5(8(10)11)13-6(3-9)7(4)12/h2,8H,3H2,1H3. The lowest BCUT2D eigenvalue weighted by atomic mass is 10.2. The number of pyridine rings is 1. The van der Waals surface area contributed by atoms with Gasteiger partial charge in [-0.2, -0.15) is 0 Å². The Balaban J connectivity index is 3.22. The van der Waals surface area contributed by atoms with Gasteiger partial charge >= 0.3 is 0 Å². The summed E-state index contributed by atoms with van der Waals surface area (Å²) in [6.45, 7) is 1.77. The van der Waals surface area contributed by atoms with E-state index in [-0.39, 0.29) is 11.6 Å². The summed E-state index contributed by atoms with van der Waals surface area (Å²) in [4.78, 5) is 3.76. The first-order valence-electron chi connectivity index (χ1n) is 3.56. The monoisotopic (exact) mass is 317 g/mol. The highest BCUT2D eigenvalue weighted by molar-refractivity contribution is 14.1. The van der Waals surface area contributed by atoms with Crippen molar-refractivity contribution in [3.63, 3.8) is 0 Å². The third kappa shape index (κ3) is 2.49. The molecule has 0 saturated carbocycles. The van der Waals surface area contributed by atoms with Crippen molar-refractivity contribution in [2.75, 3.05) is 0 Å². The Hall–Kier alpha value is 0.0300. The van der Waals surface area contributed by atoms with Crippen LogP contribution in [0.15, 0.2) is 6.07 Å². The SMILES string of the molecule is Cc1cc(C(F)F)nc(CCl)c1I. The van der Waals surface area contributed by atoms with Gasteiger partial charge in [-0.3, -0.25) is 0 Å². The highest BCUT2D eigenvalue weighted by Crippen LogP contribution is 2.23. The molecule has 0 radical (unpaired) electrons. The lowest BCUT2D eigenvalue weighted by molar-refractivity contribution is 0.145. The molecule has 0 aliphatic rings. The van der Waals surface area contributed by atoms with Crippen molar-refractivity contribution in [1.29, 1.82) is 0 Å². The van der Waals surface area contributed by atoms with E-state index in [1.807, 2.05) is 0 Å². The number of aryl methyl sites for hydroxylation is 1. The van der Waals surface area contributed by atoms with Crippen LogP contribution in [0.3, 0.4) is 0 Å². The Morgan fingerprint density at radius 2 is 2.23 bits per heavy atom. The quantitative estimate of drug-likeness (QED) is 0.599. The minimum absolute atomic E-state index is 0.166. The lowest BCUT2D eigenvalue weighted by Gasteiger charge is -2.06. The van der Waals surface area contributed by atoms with Crippen molar-refractivity contribution in [2.45, 2.75) is 19.2 Å². The largest absolute Gasteiger partial charge is 0.280 e. The van der Waals surface area contributed by atoms with E-state index in [1.54, 1.807) is 6.92 Å². The fourth-order valence-electron chi connectivity index (χ4n) is 0.950. The molecule has 0 aromatic carbocycles. The van der Waals surface area contributed by atoms with Crippen LogP contribution in [0.5, 0.6) is 0 Å². The second-order valence-corrected chi connectivity index (χ2v) is 3.91. The topological polar surface area (TPSA) is 12.9 Å². The third-order valence-electron chi connectivity index (χ3n) is 1.58. The van der Waals surface area contributed by atoms with Crippen LogP contribution in [0, 0.1) is 10.5 Å². The van der Waals surface area contributed by atoms with Crippen LogP contribution in [0.1, 0.15) is 23.4 Å². The molecule has 0 bridgehead atoms.